The van der Waals surface area contributed by atoms with Crippen LogP contribution in [0.25, 0.3) is 0 Å². The van der Waals surface area contributed by atoms with E-state index < -0.39 is 52.2 Å². The molecular weight excluding hydrogens is 642 g/mol. The third kappa shape index (κ3) is 14.0. The Morgan fingerprint density at radius 3 is 1.92 bits per heavy atom. The molecule has 48 heavy (non-hydrogen) atoms. The van der Waals surface area contributed by atoms with Crippen molar-refractivity contribution in [2.75, 3.05) is 45.8 Å². The van der Waals surface area contributed by atoms with Crippen LogP contribution in [0, 0.1) is 0 Å². The van der Waals surface area contributed by atoms with Crippen LogP contribution in [-0.2, 0) is 29.1 Å². The maximum atomic E-state index is 12.6. The molecule has 0 spiro atoms. The minimum absolute atomic E-state index is 0.0578. The number of nitrogens with one attached hydrogen (secondary N) is 1. The molecule has 3 aliphatic heterocycles. The van der Waals surface area contributed by atoms with Gasteiger partial charge < -0.3 is 23.6 Å². The van der Waals surface area contributed by atoms with Crippen LogP contribution in [-0.4, -0.2) is 120 Å². The second-order valence-corrected chi connectivity index (χ2v) is 15.4. The molecule has 1 N–H and O–H groups in total. The third-order valence-electron chi connectivity index (χ3n) is 9.10. The fraction of sp³-hybridized carbons (Fsp3) is 0.909. The summed E-state index contributed by atoms with van der Waals surface area (Å²) >= 11 is 0. The lowest BCUT2D eigenvalue weighted by molar-refractivity contribution is -0.929. The lowest BCUT2D eigenvalue weighted by Gasteiger charge is -2.39. The van der Waals surface area contributed by atoms with Crippen molar-refractivity contribution in [2.24, 2.45) is 0 Å². The molecule has 3 saturated heterocycles. The Labute approximate surface area is 289 Å². The highest BCUT2D eigenvalue weighted by Crippen LogP contribution is 2.31. The zero-order valence-electron chi connectivity index (χ0n) is 30.5. The van der Waals surface area contributed by atoms with Crippen LogP contribution in [0.15, 0.2) is 0 Å². The lowest BCUT2D eigenvalue weighted by Crippen LogP contribution is -2.52. The van der Waals surface area contributed by atoms with E-state index in [0.717, 1.165) is 4.90 Å². The molecule has 0 saturated carbocycles. The maximum Gasteiger partial charge on any atom is 0.410 e. The Morgan fingerprint density at radius 1 is 0.896 bits per heavy atom. The minimum atomic E-state index is -5.10. The van der Waals surface area contributed by atoms with Crippen LogP contribution >= 0.6 is 0 Å². The van der Waals surface area contributed by atoms with Crippen LogP contribution in [0.4, 0.5) is 9.59 Å². The third-order valence-corrected chi connectivity index (χ3v) is 9.44. The lowest BCUT2D eigenvalue weighted by atomic mass is 10.0. The monoisotopic (exact) mass is 705 g/mol. The van der Waals surface area contributed by atoms with Gasteiger partial charge in [-0.3, -0.25) is 9.63 Å². The standard InChI is InChI=1S/C17H28N4O9S.C16H36N/c1-17(2,3)28-16(24)19-8-4-5-12(10-19)29-18-14(22)13-7-6-11-9-20(13)15(23)21(11)30-31(25,26)27;1-5-9-13-17(14-10-6-2,15-11-7-3)16-12-8-4/h11-13H,4-10H2,1-3H3,(H,18,22)(H,25,26,27);5-16H2,1-4H3/q;+1/p-1/t11-,12+,13+;/m1./s1. The maximum absolute atomic E-state index is 12.6. The topological polar surface area (TPSA) is 158 Å². The SMILES string of the molecule is CC(C)(C)OC(=O)N1CCC[C@H](ONC(=O)[C@@H]2CC[C@@H]3CN2C(=O)N3OS(=O)(=O)[O-])C1.CCCC[N+](CCCC)(CCCC)CCCC. The summed E-state index contributed by atoms with van der Waals surface area (Å²) in [5.74, 6) is -0.576. The molecule has 0 aliphatic carbocycles. The smallest absolute Gasteiger partial charge is 0.410 e. The van der Waals surface area contributed by atoms with Crippen molar-refractivity contribution >= 4 is 28.4 Å². The van der Waals surface area contributed by atoms with Crippen molar-refractivity contribution in [1.29, 1.82) is 0 Å². The summed E-state index contributed by atoms with van der Waals surface area (Å²) in [5.41, 5.74) is 1.72. The number of likely N-dealkylation sites (tertiary alicyclic amines) is 1. The fourth-order valence-electron chi connectivity index (χ4n) is 6.48. The number of hydroxylamine groups is 3. The van der Waals surface area contributed by atoms with Gasteiger partial charge in [-0.1, -0.05) is 53.4 Å². The number of hydrogen-bond donors (Lipinski definition) is 1. The molecule has 3 heterocycles. The van der Waals surface area contributed by atoms with E-state index in [1.165, 1.54) is 86.9 Å². The predicted molar refractivity (Wildman–Crippen MR) is 181 cm³/mol. The van der Waals surface area contributed by atoms with Crippen molar-refractivity contribution < 1.29 is 45.7 Å². The van der Waals surface area contributed by atoms with Gasteiger partial charge in [0.25, 0.3) is 5.91 Å². The van der Waals surface area contributed by atoms with Crippen molar-refractivity contribution in [2.45, 2.75) is 149 Å². The number of nitrogens with zero attached hydrogens (tertiary/aromatic N) is 4. The first-order valence-electron chi connectivity index (χ1n) is 18.1. The van der Waals surface area contributed by atoms with Gasteiger partial charge in [-0.25, -0.2) is 23.5 Å². The number of ether oxygens (including phenoxy) is 1. The van der Waals surface area contributed by atoms with Gasteiger partial charge in [0.15, 0.2) is 0 Å². The predicted octanol–water partition coefficient (Wildman–Crippen LogP) is 5.10. The normalized spacial score (nSPS) is 21.5. The number of unbranched alkanes of at least 4 members (excludes halogenated alkanes) is 4. The molecule has 0 unspecified atom stereocenters. The highest BCUT2D eigenvalue weighted by Gasteiger charge is 2.49. The summed E-state index contributed by atoms with van der Waals surface area (Å²) in [5, 5.41) is 0.510. The summed E-state index contributed by atoms with van der Waals surface area (Å²) < 4.78 is 43.5. The Morgan fingerprint density at radius 2 is 1.44 bits per heavy atom. The van der Waals surface area contributed by atoms with Crippen LogP contribution in [0.2, 0.25) is 0 Å². The van der Waals surface area contributed by atoms with Crippen LogP contribution in [0.3, 0.4) is 0 Å². The van der Waals surface area contributed by atoms with E-state index in [1.807, 2.05) is 0 Å². The van der Waals surface area contributed by atoms with Gasteiger partial charge in [0, 0.05) is 13.1 Å². The number of hydrogen-bond acceptors (Lipinski definition) is 9. The molecular formula is C33H63N5O9S. The highest BCUT2D eigenvalue weighted by atomic mass is 32.3. The molecule has 15 heteroatoms. The number of fused-ring (bicyclic) bond motifs is 2. The van der Waals surface area contributed by atoms with Crippen molar-refractivity contribution in [3.05, 3.63) is 0 Å². The summed E-state index contributed by atoms with van der Waals surface area (Å²) in [6.45, 7) is 21.2. The van der Waals surface area contributed by atoms with Gasteiger partial charge in [0.05, 0.1) is 38.8 Å². The summed E-state index contributed by atoms with van der Waals surface area (Å²) in [6.07, 6.45) is 12.0. The molecule has 0 aromatic carbocycles. The number of rotatable bonds is 17. The van der Waals surface area contributed by atoms with Gasteiger partial charge in [-0.15, -0.1) is 0 Å². The molecule has 3 rings (SSSR count). The molecule has 3 fully saturated rings. The highest BCUT2D eigenvalue weighted by molar-refractivity contribution is 7.80. The molecule has 0 aromatic rings. The van der Waals surface area contributed by atoms with E-state index in [4.69, 9.17) is 9.57 Å². The average molecular weight is 706 g/mol. The summed E-state index contributed by atoms with van der Waals surface area (Å²) in [6, 6.07) is -2.38. The second-order valence-electron chi connectivity index (χ2n) is 14.4. The summed E-state index contributed by atoms with van der Waals surface area (Å²) in [7, 11) is -5.10. The van der Waals surface area contributed by atoms with E-state index in [9.17, 15) is 27.4 Å². The molecule has 3 aliphatic rings. The second kappa shape index (κ2) is 19.9. The van der Waals surface area contributed by atoms with E-state index in [-0.39, 0.29) is 25.9 Å². The molecule has 3 atom stereocenters. The van der Waals surface area contributed by atoms with Crippen LogP contribution in [0.5, 0.6) is 0 Å². The number of carbonyl (C=O) groups excluding carboxylic acids is 3. The van der Waals surface area contributed by atoms with Crippen molar-refractivity contribution in [1.82, 2.24) is 20.3 Å². The molecule has 14 nitrogen and oxygen atoms in total. The molecule has 2 bridgehead atoms. The first kappa shape index (κ1) is 42.0. The number of urea groups is 1. The van der Waals surface area contributed by atoms with E-state index in [1.54, 1.807) is 20.8 Å². The molecule has 280 valence electrons. The largest absolute Gasteiger partial charge is 0.724 e. The quantitative estimate of drug-likeness (QED) is 0.0941. The number of carbonyl (C=O) groups is 3. The first-order valence-corrected chi connectivity index (χ1v) is 19.5. The molecule has 0 aromatic heterocycles. The van der Waals surface area contributed by atoms with Crippen LogP contribution in [0.1, 0.15) is 126 Å². The zero-order chi connectivity index (χ0) is 36.0. The van der Waals surface area contributed by atoms with E-state index in [2.05, 4.69) is 37.5 Å². The fourth-order valence-corrected chi connectivity index (χ4v) is 6.86. The van der Waals surface area contributed by atoms with Gasteiger partial charge in [0.2, 0.25) is 10.4 Å². The van der Waals surface area contributed by atoms with E-state index >= 15 is 0 Å². The number of amides is 4. The van der Waals surface area contributed by atoms with Gasteiger partial charge in [-0.2, -0.15) is 9.35 Å². The van der Waals surface area contributed by atoms with Crippen molar-refractivity contribution in [3.63, 3.8) is 0 Å². The number of quaternary nitrogens is 1. The Kier molecular flexibility index (Phi) is 17.4. The number of piperidine rings is 2. The Balaban J connectivity index is 0.000000401. The van der Waals surface area contributed by atoms with E-state index in [0.29, 0.717) is 24.4 Å². The Bertz CT molecular complexity index is 1080. The first-order chi connectivity index (χ1) is 22.6. The molecule has 0 radical (unpaired) electrons. The van der Waals surface area contributed by atoms with Gasteiger partial charge in [-0.05, 0) is 72.1 Å². The van der Waals surface area contributed by atoms with Crippen LogP contribution < -0.4 is 5.48 Å². The Hall–Kier alpha value is -2.20. The van der Waals surface area contributed by atoms with Crippen molar-refractivity contribution in [3.8, 4) is 0 Å². The average Bonchev–Trinajstić information content (AvgIpc) is 3.26. The summed E-state index contributed by atoms with van der Waals surface area (Å²) in [4.78, 5) is 45.3. The van der Waals surface area contributed by atoms with Gasteiger partial charge >= 0.3 is 12.1 Å². The minimum Gasteiger partial charge on any atom is -0.724 e. The molecule has 4 amide bonds. The zero-order valence-corrected chi connectivity index (χ0v) is 31.4. The van der Waals surface area contributed by atoms with Gasteiger partial charge in [0.1, 0.15) is 17.7 Å².